The van der Waals surface area contributed by atoms with Crippen molar-refractivity contribution in [1.82, 2.24) is 5.43 Å². The third-order valence-corrected chi connectivity index (χ3v) is 4.94. The zero-order valence-electron chi connectivity index (χ0n) is 11.0. The first kappa shape index (κ1) is 13.1. The second-order valence-corrected chi connectivity index (χ2v) is 6.66. The molecule has 1 aromatic heterocycles. The van der Waals surface area contributed by atoms with Crippen molar-refractivity contribution in [2.24, 2.45) is 11.8 Å². The molecule has 1 aromatic rings. The maximum atomic E-state index is 5.71. The van der Waals surface area contributed by atoms with Crippen LogP contribution in [-0.4, -0.2) is 0 Å². The molecule has 1 heterocycles. The summed E-state index contributed by atoms with van der Waals surface area (Å²) >= 11 is 1.98. The van der Waals surface area contributed by atoms with Gasteiger partial charge in [0.05, 0.1) is 6.04 Å². The van der Waals surface area contributed by atoms with Gasteiger partial charge in [-0.05, 0) is 56.1 Å². The number of hydrazine groups is 1. The number of aryl methyl sites for hydroxylation is 2. The van der Waals surface area contributed by atoms with E-state index in [1.54, 1.807) is 10.4 Å². The molecule has 1 unspecified atom stereocenters. The van der Waals surface area contributed by atoms with E-state index >= 15 is 0 Å². The Morgan fingerprint density at radius 2 is 2.06 bits per heavy atom. The van der Waals surface area contributed by atoms with Crippen LogP contribution in [0.15, 0.2) is 6.07 Å². The first-order chi connectivity index (χ1) is 8.20. The molecule has 0 aromatic carbocycles. The SMILES string of the molecule is CC(C)CCC(NN)c1cc2c(s1)CCCC2. The van der Waals surface area contributed by atoms with Gasteiger partial charge in [0.15, 0.2) is 0 Å². The zero-order valence-corrected chi connectivity index (χ0v) is 11.8. The molecule has 2 nitrogen and oxygen atoms in total. The third kappa shape index (κ3) is 3.30. The molecule has 96 valence electrons. The van der Waals surface area contributed by atoms with Gasteiger partial charge in [-0.3, -0.25) is 11.3 Å². The van der Waals surface area contributed by atoms with E-state index in [1.165, 1.54) is 37.0 Å². The molecule has 0 amide bonds. The minimum atomic E-state index is 0.355. The lowest BCUT2D eigenvalue weighted by Crippen LogP contribution is -2.27. The van der Waals surface area contributed by atoms with Crippen LogP contribution in [0.5, 0.6) is 0 Å². The Kier molecular flexibility index (Phi) is 4.60. The number of nitrogens with two attached hydrogens (primary N) is 1. The summed E-state index contributed by atoms with van der Waals surface area (Å²) in [5, 5.41) is 0. The van der Waals surface area contributed by atoms with Crippen molar-refractivity contribution in [1.29, 1.82) is 0 Å². The largest absolute Gasteiger partial charge is 0.271 e. The molecule has 0 aliphatic heterocycles. The van der Waals surface area contributed by atoms with Gasteiger partial charge in [-0.25, -0.2) is 0 Å². The molecule has 1 atom stereocenters. The Bertz CT molecular complexity index is 334. The lowest BCUT2D eigenvalue weighted by Gasteiger charge is -2.15. The fourth-order valence-electron chi connectivity index (χ4n) is 2.49. The second-order valence-electron chi connectivity index (χ2n) is 5.49. The van der Waals surface area contributed by atoms with Crippen molar-refractivity contribution >= 4 is 11.3 Å². The Morgan fingerprint density at radius 1 is 1.29 bits per heavy atom. The predicted molar refractivity (Wildman–Crippen MR) is 75.1 cm³/mol. The monoisotopic (exact) mass is 252 g/mol. The summed E-state index contributed by atoms with van der Waals surface area (Å²) in [7, 11) is 0. The van der Waals surface area contributed by atoms with Crippen molar-refractivity contribution in [3.8, 4) is 0 Å². The molecule has 0 bridgehead atoms. The second kappa shape index (κ2) is 5.98. The maximum Gasteiger partial charge on any atom is 0.0553 e. The summed E-state index contributed by atoms with van der Waals surface area (Å²) in [6, 6.07) is 2.75. The van der Waals surface area contributed by atoms with E-state index in [4.69, 9.17) is 5.84 Å². The van der Waals surface area contributed by atoms with E-state index in [2.05, 4.69) is 25.3 Å². The predicted octanol–water partition coefficient (Wildman–Crippen LogP) is 3.57. The van der Waals surface area contributed by atoms with Crippen LogP contribution in [0.2, 0.25) is 0 Å². The van der Waals surface area contributed by atoms with Crippen LogP contribution in [0, 0.1) is 5.92 Å². The summed E-state index contributed by atoms with van der Waals surface area (Å²) in [4.78, 5) is 3.05. The van der Waals surface area contributed by atoms with Crippen molar-refractivity contribution < 1.29 is 0 Å². The van der Waals surface area contributed by atoms with Crippen molar-refractivity contribution in [3.63, 3.8) is 0 Å². The van der Waals surface area contributed by atoms with Crippen molar-refractivity contribution in [2.45, 2.75) is 58.4 Å². The molecular formula is C14H24N2S. The lowest BCUT2D eigenvalue weighted by atomic mass is 9.97. The van der Waals surface area contributed by atoms with E-state index in [9.17, 15) is 0 Å². The number of nitrogens with one attached hydrogen (secondary N) is 1. The molecule has 0 saturated carbocycles. The molecule has 3 heteroatoms. The van der Waals surface area contributed by atoms with E-state index < -0.39 is 0 Å². The van der Waals surface area contributed by atoms with Crippen molar-refractivity contribution in [3.05, 3.63) is 21.4 Å². The molecule has 17 heavy (non-hydrogen) atoms. The van der Waals surface area contributed by atoms with E-state index in [0.717, 1.165) is 12.3 Å². The molecule has 0 saturated heterocycles. The van der Waals surface area contributed by atoms with Crippen LogP contribution in [0.3, 0.4) is 0 Å². The Morgan fingerprint density at radius 3 is 2.71 bits per heavy atom. The molecule has 2 rings (SSSR count). The zero-order chi connectivity index (χ0) is 12.3. The first-order valence-electron chi connectivity index (χ1n) is 6.78. The number of hydrogen-bond acceptors (Lipinski definition) is 3. The Labute approximate surface area is 109 Å². The first-order valence-corrected chi connectivity index (χ1v) is 7.60. The molecule has 0 radical (unpaired) electrons. The number of hydrogen-bond donors (Lipinski definition) is 2. The van der Waals surface area contributed by atoms with Crippen LogP contribution < -0.4 is 11.3 Å². The van der Waals surface area contributed by atoms with Gasteiger partial charge in [0, 0.05) is 9.75 Å². The normalized spacial score (nSPS) is 17.2. The maximum absolute atomic E-state index is 5.71. The smallest absolute Gasteiger partial charge is 0.0553 e. The molecule has 1 aliphatic rings. The Balaban J connectivity index is 2.05. The van der Waals surface area contributed by atoms with Gasteiger partial charge in [-0.15, -0.1) is 11.3 Å². The topological polar surface area (TPSA) is 38.0 Å². The quantitative estimate of drug-likeness (QED) is 0.621. The average molecular weight is 252 g/mol. The van der Waals surface area contributed by atoms with E-state index in [1.807, 2.05) is 11.3 Å². The highest BCUT2D eigenvalue weighted by Crippen LogP contribution is 2.34. The average Bonchev–Trinajstić information content (AvgIpc) is 2.72. The van der Waals surface area contributed by atoms with Gasteiger partial charge in [0.25, 0.3) is 0 Å². The highest BCUT2D eigenvalue weighted by atomic mass is 32.1. The van der Waals surface area contributed by atoms with Crippen LogP contribution in [0.25, 0.3) is 0 Å². The number of rotatable bonds is 5. The third-order valence-electron chi connectivity index (χ3n) is 3.59. The minimum absolute atomic E-state index is 0.355. The summed E-state index contributed by atoms with van der Waals surface area (Å²) in [5.74, 6) is 6.46. The van der Waals surface area contributed by atoms with E-state index in [0.29, 0.717) is 6.04 Å². The fourth-order valence-corrected chi connectivity index (χ4v) is 3.85. The van der Waals surface area contributed by atoms with Gasteiger partial charge >= 0.3 is 0 Å². The van der Waals surface area contributed by atoms with Crippen LogP contribution in [-0.2, 0) is 12.8 Å². The number of fused-ring (bicyclic) bond motifs is 1. The Hall–Kier alpha value is -0.380. The fraction of sp³-hybridized carbons (Fsp3) is 0.714. The van der Waals surface area contributed by atoms with Crippen LogP contribution >= 0.6 is 11.3 Å². The summed E-state index contributed by atoms with van der Waals surface area (Å²) in [6.45, 7) is 4.54. The van der Waals surface area contributed by atoms with Gasteiger partial charge in [0.2, 0.25) is 0 Å². The highest BCUT2D eigenvalue weighted by molar-refractivity contribution is 7.12. The molecule has 3 N–H and O–H groups in total. The highest BCUT2D eigenvalue weighted by Gasteiger charge is 2.18. The summed E-state index contributed by atoms with van der Waals surface area (Å²) in [6.07, 6.45) is 7.65. The standard InChI is InChI=1S/C14H24N2S/c1-10(2)7-8-12(16-15)14-9-11-5-3-4-6-13(11)17-14/h9-10,12,16H,3-8,15H2,1-2H3. The van der Waals surface area contributed by atoms with Gasteiger partial charge in [-0.1, -0.05) is 13.8 Å². The molecular weight excluding hydrogens is 228 g/mol. The summed E-state index contributed by atoms with van der Waals surface area (Å²) < 4.78 is 0. The van der Waals surface area contributed by atoms with Gasteiger partial charge in [0.1, 0.15) is 0 Å². The molecule has 0 spiro atoms. The minimum Gasteiger partial charge on any atom is -0.271 e. The number of thiophene rings is 1. The molecule has 1 aliphatic carbocycles. The van der Waals surface area contributed by atoms with E-state index in [-0.39, 0.29) is 0 Å². The van der Waals surface area contributed by atoms with Gasteiger partial charge in [-0.2, -0.15) is 0 Å². The van der Waals surface area contributed by atoms with Gasteiger partial charge < -0.3 is 0 Å². The lowest BCUT2D eigenvalue weighted by molar-refractivity contribution is 0.453. The van der Waals surface area contributed by atoms with Crippen molar-refractivity contribution in [2.75, 3.05) is 0 Å². The molecule has 0 fully saturated rings. The van der Waals surface area contributed by atoms with Crippen LogP contribution in [0.4, 0.5) is 0 Å². The summed E-state index contributed by atoms with van der Waals surface area (Å²) in [5.41, 5.74) is 4.58. The van der Waals surface area contributed by atoms with Crippen LogP contribution in [0.1, 0.15) is 60.9 Å².